The van der Waals surface area contributed by atoms with Gasteiger partial charge in [0.1, 0.15) is 11.3 Å². The van der Waals surface area contributed by atoms with E-state index in [0.717, 1.165) is 16.0 Å². The molecule has 1 amide bonds. The van der Waals surface area contributed by atoms with Crippen LogP contribution in [-0.4, -0.2) is 17.5 Å². The van der Waals surface area contributed by atoms with Gasteiger partial charge in [-0.05, 0) is 30.5 Å². The first-order valence-electron chi connectivity index (χ1n) is 6.40. The van der Waals surface area contributed by atoms with Crippen molar-refractivity contribution >= 4 is 43.9 Å². The first-order chi connectivity index (χ1) is 10.3. The summed E-state index contributed by atoms with van der Waals surface area (Å²) >= 11 is 2.85. The van der Waals surface area contributed by atoms with Crippen molar-refractivity contribution in [2.24, 2.45) is 0 Å². The van der Waals surface area contributed by atoms with Gasteiger partial charge in [-0.2, -0.15) is 0 Å². The van der Waals surface area contributed by atoms with Crippen molar-refractivity contribution < 1.29 is 9.53 Å². The highest BCUT2D eigenvalue weighted by Crippen LogP contribution is 2.31. The van der Waals surface area contributed by atoms with Crippen LogP contribution in [0, 0.1) is 0 Å². The number of ether oxygens (including phenoxy) is 1. The van der Waals surface area contributed by atoms with Crippen molar-refractivity contribution in [1.29, 1.82) is 0 Å². The maximum Gasteiger partial charge on any atom is 0.279 e. The number of nitrogens with one attached hydrogen (secondary N) is 2. The molecule has 1 aromatic carbocycles. The first-order valence-corrected chi connectivity index (χ1v) is 8.09. The molecule has 108 valence electrons. The van der Waals surface area contributed by atoms with E-state index in [1.807, 2.05) is 36.6 Å². The second-order valence-electron chi connectivity index (χ2n) is 4.11. The molecule has 0 unspecified atom stereocenters. The smallest absolute Gasteiger partial charge is 0.279 e. The minimum atomic E-state index is -0.172. The Morgan fingerprint density at radius 2 is 2.24 bits per heavy atom. The Bertz CT molecular complexity index is 753. The van der Waals surface area contributed by atoms with Gasteiger partial charge in [0.25, 0.3) is 5.91 Å². The highest BCUT2D eigenvalue weighted by molar-refractivity contribution is 7.22. The fourth-order valence-electron chi connectivity index (χ4n) is 1.83. The standard InChI is InChI=1S/C14H13N3O2S2/c1-2-19-9-5-3-6-10-12(9)15-14(21-10)17-16-13(18)11-7-4-8-20-11/h3-8H,2H2,1H3,(H,15,17)(H,16,18). The van der Waals surface area contributed by atoms with Crippen LogP contribution in [0.2, 0.25) is 0 Å². The summed E-state index contributed by atoms with van der Waals surface area (Å²) in [5, 5.41) is 2.49. The van der Waals surface area contributed by atoms with Gasteiger partial charge < -0.3 is 4.74 Å². The van der Waals surface area contributed by atoms with E-state index in [1.165, 1.54) is 22.7 Å². The number of hydrogen-bond acceptors (Lipinski definition) is 6. The van der Waals surface area contributed by atoms with Crippen LogP contribution < -0.4 is 15.6 Å². The van der Waals surface area contributed by atoms with E-state index in [0.29, 0.717) is 16.6 Å². The van der Waals surface area contributed by atoms with Crippen LogP contribution >= 0.6 is 22.7 Å². The molecule has 5 nitrogen and oxygen atoms in total. The van der Waals surface area contributed by atoms with Crippen molar-refractivity contribution in [3.8, 4) is 5.75 Å². The maximum absolute atomic E-state index is 11.9. The summed E-state index contributed by atoms with van der Waals surface area (Å²) in [4.78, 5) is 17.0. The Balaban J connectivity index is 1.76. The van der Waals surface area contributed by atoms with E-state index in [9.17, 15) is 4.79 Å². The molecule has 0 aliphatic carbocycles. The molecule has 0 atom stereocenters. The van der Waals surface area contributed by atoms with E-state index in [1.54, 1.807) is 6.07 Å². The van der Waals surface area contributed by atoms with Crippen LogP contribution in [0.1, 0.15) is 16.6 Å². The number of fused-ring (bicyclic) bond motifs is 1. The quantitative estimate of drug-likeness (QED) is 0.706. The molecule has 0 bridgehead atoms. The number of benzene rings is 1. The molecule has 2 N–H and O–H groups in total. The lowest BCUT2D eigenvalue weighted by Crippen LogP contribution is -2.28. The van der Waals surface area contributed by atoms with Crippen LogP contribution in [0.5, 0.6) is 5.75 Å². The van der Waals surface area contributed by atoms with Crippen molar-refractivity contribution in [2.75, 3.05) is 12.0 Å². The van der Waals surface area contributed by atoms with E-state index in [4.69, 9.17) is 4.74 Å². The summed E-state index contributed by atoms with van der Waals surface area (Å²) in [5.41, 5.74) is 6.30. The molecular formula is C14H13N3O2S2. The van der Waals surface area contributed by atoms with E-state index in [2.05, 4.69) is 15.8 Å². The summed E-state index contributed by atoms with van der Waals surface area (Å²) in [5.74, 6) is 0.582. The summed E-state index contributed by atoms with van der Waals surface area (Å²) in [6.45, 7) is 2.53. The van der Waals surface area contributed by atoms with E-state index >= 15 is 0 Å². The number of para-hydroxylation sites is 1. The molecule has 7 heteroatoms. The summed E-state index contributed by atoms with van der Waals surface area (Å²) in [6.07, 6.45) is 0. The average molecular weight is 319 g/mol. The molecule has 3 rings (SSSR count). The van der Waals surface area contributed by atoms with Crippen LogP contribution in [0.3, 0.4) is 0 Å². The molecule has 0 aliphatic heterocycles. The molecule has 0 saturated heterocycles. The monoisotopic (exact) mass is 319 g/mol. The molecule has 3 aromatic rings. The number of hydrazine groups is 1. The predicted octanol–water partition coefficient (Wildman–Crippen LogP) is 3.51. The molecule has 21 heavy (non-hydrogen) atoms. The highest BCUT2D eigenvalue weighted by atomic mass is 32.1. The average Bonchev–Trinajstić information content (AvgIpc) is 3.14. The lowest BCUT2D eigenvalue weighted by Gasteiger charge is -2.03. The number of rotatable bonds is 5. The number of aromatic nitrogens is 1. The third-order valence-corrected chi connectivity index (χ3v) is 4.51. The fourth-order valence-corrected chi connectivity index (χ4v) is 3.28. The molecular weight excluding hydrogens is 306 g/mol. The van der Waals surface area contributed by atoms with Gasteiger partial charge in [0.15, 0.2) is 0 Å². The Morgan fingerprint density at radius 3 is 3.00 bits per heavy atom. The number of carbonyl (C=O) groups excluding carboxylic acids is 1. The summed E-state index contributed by atoms with van der Waals surface area (Å²) in [7, 11) is 0. The Hall–Kier alpha value is -2.12. The summed E-state index contributed by atoms with van der Waals surface area (Å²) < 4.78 is 6.56. The predicted molar refractivity (Wildman–Crippen MR) is 86.2 cm³/mol. The third kappa shape index (κ3) is 2.98. The molecule has 2 aromatic heterocycles. The number of hydrogen-bond donors (Lipinski definition) is 2. The zero-order chi connectivity index (χ0) is 14.7. The highest BCUT2D eigenvalue weighted by Gasteiger charge is 2.10. The van der Waals surface area contributed by atoms with Gasteiger partial charge in [-0.3, -0.25) is 15.6 Å². The Labute approximate surface area is 129 Å². The number of thiophene rings is 1. The lowest BCUT2D eigenvalue weighted by atomic mass is 10.3. The largest absolute Gasteiger partial charge is 0.492 e. The molecule has 0 fully saturated rings. The zero-order valence-corrected chi connectivity index (χ0v) is 12.9. The van der Waals surface area contributed by atoms with Gasteiger partial charge in [0.05, 0.1) is 16.2 Å². The van der Waals surface area contributed by atoms with Crippen LogP contribution in [0.4, 0.5) is 5.13 Å². The minimum Gasteiger partial charge on any atom is -0.492 e. The third-order valence-electron chi connectivity index (χ3n) is 2.71. The Kier molecular flexibility index (Phi) is 4.03. The van der Waals surface area contributed by atoms with E-state index < -0.39 is 0 Å². The molecule has 0 saturated carbocycles. The number of carbonyl (C=O) groups is 1. The molecule has 0 spiro atoms. The van der Waals surface area contributed by atoms with Gasteiger partial charge in [-0.1, -0.05) is 23.5 Å². The Morgan fingerprint density at radius 1 is 1.33 bits per heavy atom. The van der Waals surface area contributed by atoms with Crippen molar-refractivity contribution in [3.63, 3.8) is 0 Å². The number of amides is 1. The topological polar surface area (TPSA) is 63.2 Å². The fraction of sp³-hybridized carbons (Fsp3) is 0.143. The number of anilines is 1. The van der Waals surface area contributed by atoms with Gasteiger partial charge in [-0.25, -0.2) is 4.98 Å². The van der Waals surface area contributed by atoms with Crippen LogP contribution in [0.25, 0.3) is 10.2 Å². The summed E-state index contributed by atoms with van der Waals surface area (Å²) in [6, 6.07) is 9.40. The van der Waals surface area contributed by atoms with Crippen LogP contribution in [0.15, 0.2) is 35.7 Å². The maximum atomic E-state index is 11.9. The number of thiazole rings is 1. The van der Waals surface area contributed by atoms with Crippen molar-refractivity contribution in [1.82, 2.24) is 10.4 Å². The first kappa shape index (κ1) is 13.8. The second kappa shape index (κ2) is 6.11. The van der Waals surface area contributed by atoms with Gasteiger partial charge in [0.2, 0.25) is 5.13 Å². The normalized spacial score (nSPS) is 10.5. The van der Waals surface area contributed by atoms with Crippen molar-refractivity contribution in [3.05, 3.63) is 40.6 Å². The van der Waals surface area contributed by atoms with Gasteiger partial charge in [0, 0.05) is 0 Å². The SMILES string of the molecule is CCOc1cccc2sc(NNC(=O)c3cccs3)nc12. The molecule has 2 heterocycles. The number of nitrogens with zero attached hydrogens (tertiary/aromatic N) is 1. The van der Waals surface area contributed by atoms with E-state index in [-0.39, 0.29) is 5.91 Å². The molecule has 0 radical (unpaired) electrons. The zero-order valence-electron chi connectivity index (χ0n) is 11.3. The molecule has 0 aliphatic rings. The van der Waals surface area contributed by atoms with Crippen molar-refractivity contribution in [2.45, 2.75) is 6.92 Å². The second-order valence-corrected chi connectivity index (χ2v) is 6.09. The lowest BCUT2D eigenvalue weighted by molar-refractivity contribution is 0.0966. The van der Waals surface area contributed by atoms with Crippen LogP contribution in [-0.2, 0) is 0 Å². The van der Waals surface area contributed by atoms with Gasteiger partial charge in [-0.15, -0.1) is 11.3 Å². The minimum absolute atomic E-state index is 0.172. The van der Waals surface area contributed by atoms with Gasteiger partial charge >= 0.3 is 0 Å².